The van der Waals surface area contributed by atoms with Gasteiger partial charge in [-0.1, -0.05) is 0 Å². The van der Waals surface area contributed by atoms with Gasteiger partial charge in [-0.25, -0.2) is 4.79 Å². The van der Waals surface area contributed by atoms with Gasteiger partial charge in [-0.2, -0.15) is 0 Å². The summed E-state index contributed by atoms with van der Waals surface area (Å²) in [7, 11) is 0. The summed E-state index contributed by atoms with van der Waals surface area (Å²) in [4.78, 5) is 10.3. The SMILES string of the molecule is O=C(O)c1cccn1CO. The highest BCUT2D eigenvalue weighted by atomic mass is 16.4. The zero-order valence-electron chi connectivity index (χ0n) is 5.19. The average molecular weight is 141 g/mol. The van der Waals surface area contributed by atoms with Gasteiger partial charge in [-0.15, -0.1) is 0 Å². The van der Waals surface area contributed by atoms with Gasteiger partial charge in [-0.3, -0.25) is 0 Å². The maximum absolute atomic E-state index is 10.3. The lowest BCUT2D eigenvalue weighted by Gasteiger charge is -1.98. The van der Waals surface area contributed by atoms with Crippen LogP contribution in [0.2, 0.25) is 0 Å². The van der Waals surface area contributed by atoms with Crippen LogP contribution in [0.15, 0.2) is 18.3 Å². The van der Waals surface area contributed by atoms with Crippen LogP contribution in [0.25, 0.3) is 0 Å². The van der Waals surface area contributed by atoms with E-state index in [0.29, 0.717) is 0 Å². The number of aromatic carboxylic acids is 1. The first-order valence-electron chi connectivity index (χ1n) is 2.75. The van der Waals surface area contributed by atoms with Crippen LogP contribution in [0.4, 0.5) is 0 Å². The second kappa shape index (κ2) is 2.53. The zero-order valence-corrected chi connectivity index (χ0v) is 5.19. The van der Waals surface area contributed by atoms with Crippen LogP contribution in [-0.2, 0) is 6.73 Å². The van der Waals surface area contributed by atoms with Gasteiger partial charge in [-0.05, 0) is 12.1 Å². The van der Waals surface area contributed by atoms with Crippen LogP contribution in [-0.4, -0.2) is 20.7 Å². The maximum Gasteiger partial charge on any atom is 0.352 e. The fourth-order valence-corrected chi connectivity index (χ4v) is 0.732. The minimum atomic E-state index is -1.03. The first kappa shape index (κ1) is 6.82. The van der Waals surface area contributed by atoms with Crippen molar-refractivity contribution in [3.8, 4) is 0 Å². The highest BCUT2D eigenvalue weighted by Crippen LogP contribution is 1.99. The Morgan fingerprint density at radius 3 is 2.80 bits per heavy atom. The lowest BCUT2D eigenvalue weighted by atomic mass is 10.4. The van der Waals surface area contributed by atoms with E-state index in [2.05, 4.69) is 0 Å². The molecule has 0 aliphatic carbocycles. The van der Waals surface area contributed by atoms with E-state index in [-0.39, 0.29) is 12.4 Å². The maximum atomic E-state index is 10.3. The molecule has 1 heterocycles. The quantitative estimate of drug-likeness (QED) is 0.615. The van der Waals surface area contributed by atoms with Gasteiger partial charge < -0.3 is 14.8 Å². The van der Waals surface area contributed by atoms with Crippen molar-refractivity contribution in [2.75, 3.05) is 0 Å². The Hall–Kier alpha value is -1.29. The summed E-state index contributed by atoms with van der Waals surface area (Å²) in [6.07, 6.45) is 1.50. The van der Waals surface area contributed by atoms with Gasteiger partial charge in [0.25, 0.3) is 0 Å². The van der Waals surface area contributed by atoms with Crippen LogP contribution < -0.4 is 0 Å². The van der Waals surface area contributed by atoms with Crippen LogP contribution in [0, 0.1) is 0 Å². The third kappa shape index (κ3) is 1.01. The van der Waals surface area contributed by atoms with Crippen molar-refractivity contribution in [3.05, 3.63) is 24.0 Å². The van der Waals surface area contributed by atoms with E-state index in [0.717, 1.165) is 0 Å². The van der Waals surface area contributed by atoms with Crippen LogP contribution in [0.1, 0.15) is 10.5 Å². The molecule has 0 aromatic carbocycles. The number of hydrogen-bond donors (Lipinski definition) is 2. The molecule has 0 radical (unpaired) electrons. The number of rotatable bonds is 2. The molecule has 54 valence electrons. The van der Waals surface area contributed by atoms with E-state index in [9.17, 15) is 4.79 Å². The predicted octanol–water partition coefficient (Wildman–Crippen LogP) is 0.136. The van der Waals surface area contributed by atoms with E-state index in [4.69, 9.17) is 10.2 Å². The number of hydrogen-bond acceptors (Lipinski definition) is 2. The summed E-state index contributed by atoms with van der Waals surface area (Å²) in [6.45, 7) is -0.297. The van der Waals surface area contributed by atoms with Crippen molar-refractivity contribution >= 4 is 5.97 Å². The molecular weight excluding hydrogens is 134 g/mol. The van der Waals surface area contributed by atoms with Gasteiger partial charge >= 0.3 is 5.97 Å². The van der Waals surface area contributed by atoms with Gasteiger partial charge in [0.15, 0.2) is 0 Å². The molecule has 1 rings (SSSR count). The third-order valence-corrected chi connectivity index (χ3v) is 1.20. The van der Waals surface area contributed by atoms with Crippen molar-refractivity contribution in [2.24, 2.45) is 0 Å². The number of carbonyl (C=O) groups is 1. The summed E-state index contributed by atoms with van der Waals surface area (Å²) in [5.41, 5.74) is 0.0995. The minimum absolute atomic E-state index is 0.0995. The Balaban J connectivity index is 3.01. The van der Waals surface area contributed by atoms with Crippen molar-refractivity contribution in [1.82, 2.24) is 4.57 Å². The molecule has 0 atom stereocenters. The Bertz CT molecular complexity index is 241. The standard InChI is InChI=1S/C6H7NO3/c8-4-7-3-1-2-5(7)6(9)10/h1-3,8H,4H2,(H,9,10). The number of carboxylic acids is 1. The van der Waals surface area contributed by atoms with Crippen LogP contribution in [0.3, 0.4) is 0 Å². The van der Waals surface area contributed by atoms with Crippen molar-refractivity contribution in [2.45, 2.75) is 6.73 Å². The molecule has 0 fully saturated rings. The highest BCUT2D eigenvalue weighted by Gasteiger charge is 2.05. The molecule has 4 nitrogen and oxygen atoms in total. The Labute approximate surface area is 57.3 Å². The first-order chi connectivity index (χ1) is 4.75. The molecule has 1 aromatic rings. The van der Waals surface area contributed by atoms with E-state index in [1.807, 2.05) is 0 Å². The molecule has 0 bridgehead atoms. The second-order valence-electron chi connectivity index (χ2n) is 1.81. The molecule has 4 heteroatoms. The Kier molecular flexibility index (Phi) is 1.73. The highest BCUT2D eigenvalue weighted by molar-refractivity contribution is 5.85. The fraction of sp³-hybridized carbons (Fsp3) is 0.167. The summed E-state index contributed by atoms with van der Waals surface area (Å²) < 4.78 is 1.24. The zero-order chi connectivity index (χ0) is 7.56. The minimum Gasteiger partial charge on any atom is -0.477 e. The van der Waals surface area contributed by atoms with Gasteiger partial charge in [0, 0.05) is 6.20 Å². The second-order valence-corrected chi connectivity index (χ2v) is 1.81. The van der Waals surface area contributed by atoms with Crippen LogP contribution in [0.5, 0.6) is 0 Å². The molecule has 0 saturated heterocycles. The molecule has 0 unspecified atom stereocenters. The number of aromatic nitrogens is 1. The molecule has 0 spiro atoms. The third-order valence-electron chi connectivity index (χ3n) is 1.20. The molecule has 0 aliphatic heterocycles. The summed E-state index contributed by atoms with van der Waals surface area (Å²) in [6, 6.07) is 3.00. The van der Waals surface area contributed by atoms with Crippen molar-refractivity contribution in [3.63, 3.8) is 0 Å². The number of carboxylic acid groups (broad SMARTS) is 1. The Morgan fingerprint density at radius 1 is 1.70 bits per heavy atom. The van der Waals surface area contributed by atoms with Crippen molar-refractivity contribution in [1.29, 1.82) is 0 Å². The monoisotopic (exact) mass is 141 g/mol. The lowest BCUT2D eigenvalue weighted by molar-refractivity contribution is 0.0674. The molecule has 0 aliphatic rings. The van der Waals surface area contributed by atoms with Crippen molar-refractivity contribution < 1.29 is 15.0 Å². The van der Waals surface area contributed by atoms with E-state index < -0.39 is 5.97 Å². The van der Waals surface area contributed by atoms with E-state index in [1.54, 1.807) is 6.07 Å². The topological polar surface area (TPSA) is 62.5 Å². The normalized spacial score (nSPS) is 9.70. The summed E-state index contributed by atoms with van der Waals surface area (Å²) in [5.74, 6) is -1.03. The Morgan fingerprint density at radius 2 is 2.40 bits per heavy atom. The predicted molar refractivity (Wildman–Crippen MR) is 33.6 cm³/mol. The van der Waals surface area contributed by atoms with Gasteiger partial charge in [0.2, 0.25) is 0 Å². The molecule has 2 N–H and O–H groups in total. The molecule has 1 aromatic heterocycles. The van der Waals surface area contributed by atoms with Crippen LogP contribution >= 0.6 is 0 Å². The number of aliphatic hydroxyl groups is 1. The smallest absolute Gasteiger partial charge is 0.352 e. The molecule has 10 heavy (non-hydrogen) atoms. The van der Waals surface area contributed by atoms with Gasteiger partial charge in [0.05, 0.1) is 0 Å². The fourth-order valence-electron chi connectivity index (χ4n) is 0.732. The summed E-state index contributed by atoms with van der Waals surface area (Å²) in [5, 5.41) is 17.0. The van der Waals surface area contributed by atoms with E-state index >= 15 is 0 Å². The average Bonchev–Trinajstić information content (AvgIpc) is 2.33. The summed E-state index contributed by atoms with van der Waals surface area (Å²) >= 11 is 0. The molecular formula is C6H7NO3. The van der Waals surface area contributed by atoms with E-state index in [1.165, 1.54) is 16.8 Å². The number of aliphatic hydroxyl groups excluding tert-OH is 1. The largest absolute Gasteiger partial charge is 0.477 e. The lowest BCUT2D eigenvalue weighted by Crippen LogP contribution is -2.06. The first-order valence-corrected chi connectivity index (χ1v) is 2.75. The molecule has 0 amide bonds. The van der Waals surface area contributed by atoms with Gasteiger partial charge in [0.1, 0.15) is 12.4 Å². The number of nitrogens with zero attached hydrogens (tertiary/aromatic N) is 1. The molecule has 0 saturated carbocycles.